The van der Waals surface area contributed by atoms with Crippen molar-refractivity contribution in [2.24, 2.45) is 0 Å². The summed E-state index contributed by atoms with van der Waals surface area (Å²) in [6.45, 7) is 8.60. The van der Waals surface area contributed by atoms with Gasteiger partial charge in [-0.3, -0.25) is 9.78 Å². The number of halogens is 1. The van der Waals surface area contributed by atoms with Crippen LogP contribution < -0.4 is 9.47 Å². The van der Waals surface area contributed by atoms with Crippen molar-refractivity contribution in [1.29, 1.82) is 0 Å². The minimum Gasteiger partial charge on any atom is -0.492 e. The van der Waals surface area contributed by atoms with Crippen LogP contribution in [-0.4, -0.2) is 22.7 Å². The Labute approximate surface area is 233 Å². The van der Waals surface area contributed by atoms with Crippen LogP contribution in [0.15, 0.2) is 54.6 Å². The number of nitrogens with zero attached hydrogens (tertiary/aromatic N) is 1. The Kier molecular flexibility index (Phi) is 6.57. The first kappa shape index (κ1) is 26.1. The van der Waals surface area contributed by atoms with E-state index in [1.807, 2.05) is 32.0 Å². The van der Waals surface area contributed by atoms with Gasteiger partial charge in [-0.1, -0.05) is 24.3 Å². The van der Waals surface area contributed by atoms with Gasteiger partial charge in [0.2, 0.25) is 0 Å². The highest BCUT2D eigenvalue weighted by Gasteiger charge is 2.32. The molecule has 0 saturated heterocycles. The average molecular weight is 538 g/mol. The monoisotopic (exact) mass is 537 g/mol. The number of fused-ring (bicyclic) bond motifs is 2. The Balaban J connectivity index is 1.31. The molecule has 0 radical (unpaired) electrons. The van der Waals surface area contributed by atoms with Crippen LogP contribution in [0.1, 0.15) is 64.1 Å². The number of carboxylic acid groups (broad SMARTS) is 1. The standard InChI is InChI=1S/C34H32FNO4/c1-18-11-22(23-13-20(3)36-21(4)14-23)12-19(2)33(18)27-7-9-29(35)34-28(27)8-10-30(34)40-25-5-6-26-24(15-32(37)38)17-39-31(26)16-25/h5-7,9,11-14,16,24,30H,8,10,15,17H2,1-4H3,(H,37,38)/t24-,30-/m1/s1. The van der Waals surface area contributed by atoms with Crippen LogP contribution in [0, 0.1) is 33.5 Å². The van der Waals surface area contributed by atoms with Crippen LogP contribution in [0.2, 0.25) is 0 Å². The van der Waals surface area contributed by atoms with Crippen molar-refractivity contribution < 1.29 is 23.8 Å². The zero-order valence-corrected chi connectivity index (χ0v) is 23.2. The van der Waals surface area contributed by atoms with Gasteiger partial charge in [0.25, 0.3) is 0 Å². The van der Waals surface area contributed by atoms with Gasteiger partial charge in [0.15, 0.2) is 0 Å². The second kappa shape index (κ2) is 10.1. The van der Waals surface area contributed by atoms with Crippen molar-refractivity contribution in [1.82, 2.24) is 4.98 Å². The fourth-order valence-electron chi connectivity index (χ4n) is 6.46. The predicted molar refractivity (Wildman–Crippen MR) is 153 cm³/mol. The molecule has 40 heavy (non-hydrogen) atoms. The maximum atomic E-state index is 15.3. The zero-order chi connectivity index (χ0) is 28.1. The number of ether oxygens (including phenoxy) is 2. The molecular formula is C34H32FNO4. The highest BCUT2D eigenvalue weighted by molar-refractivity contribution is 5.80. The molecule has 2 aliphatic rings. The van der Waals surface area contributed by atoms with E-state index < -0.39 is 12.1 Å². The van der Waals surface area contributed by atoms with Crippen LogP contribution in [0.25, 0.3) is 22.3 Å². The Bertz CT molecular complexity index is 1620. The molecule has 0 saturated carbocycles. The molecule has 1 N–H and O–H groups in total. The summed E-state index contributed by atoms with van der Waals surface area (Å²) in [4.78, 5) is 15.7. The summed E-state index contributed by atoms with van der Waals surface area (Å²) in [6, 6.07) is 17.6. The summed E-state index contributed by atoms with van der Waals surface area (Å²) in [5, 5.41) is 9.17. The Morgan fingerprint density at radius 1 is 1.00 bits per heavy atom. The van der Waals surface area contributed by atoms with Gasteiger partial charge in [-0.05, 0) is 104 Å². The normalized spacial score (nSPS) is 17.3. The third-order valence-electron chi connectivity index (χ3n) is 8.06. The van der Waals surface area contributed by atoms with E-state index in [-0.39, 0.29) is 18.2 Å². The molecule has 1 aromatic heterocycles. The number of pyridine rings is 1. The number of hydrogen-bond donors (Lipinski definition) is 1. The van der Waals surface area contributed by atoms with Gasteiger partial charge < -0.3 is 14.6 Å². The molecule has 3 aromatic carbocycles. The second-order valence-corrected chi connectivity index (χ2v) is 11.1. The van der Waals surface area contributed by atoms with E-state index in [0.717, 1.165) is 62.3 Å². The van der Waals surface area contributed by atoms with Crippen molar-refractivity contribution in [2.75, 3.05) is 6.61 Å². The molecule has 0 bridgehead atoms. The van der Waals surface area contributed by atoms with Gasteiger partial charge in [-0.15, -0.1) is 0 Å². The molecule has 2 atom stereocenters. The fourth-order valence-corrected chi connectivity index (χ4v) is 6.46. The maximum absolute atomic E-state index is 15.3. The van der Waals surface area contributed by atoms with Gasteiger partial charge >= 0.3 is 5.97 Å². The maximum Gasteiger partial charge on any atom is 0.304 e. The quantitative estimate of drug-likeness (QED) is 0.272. The summed E-state index contributed by atoms with van der Waals surface area (Å²) >= 11 is 0. The predicted octanol–water partition coefficient (Wildman–Crippen LogP) is 7.81. The smallest absolute Gasteiger partial charge is 0.304 e. The fraction of sp³-hybridized carbons (Fsp3) is 0.294. The molecule has 6 rings (SSSR count). The highest BCUT2D eigenvalue weighted by atomic mass is 19.1. The van der Waals surface area contributed by atoms with Crippen LogP contribution >= 0.6 is 0 Å². The van der Waals surface area contributed by atoms with Crippen molar-refractivity contribution >= 4 is 5.97 Å². The van der Waals surface area contributed by atoms with E-state index in [0.29, 0.717) is 30.1 Å². The van der Waals surface area contributed by atoms with Crippen molar-refractivity contribution in [3.8, 4) is 33.8 Å². The van der Waals surface area contributed by atoms with Crippen LogP contribution in [-0.2, 0) is 11.2 Å². The Morgan fingerprint density at radius 3 is 2.40 bits per heavy atom. The Morgan fingerprint density at radius 2 is 1.70 bits per heavy atom. The number of aliphatic carboxylic acids is 1. The molecule has 4 aromatic rings. The summed E-state index contributed by atoms with van der Waals surface area (Å²) in [5.41, 5.74) is 11.3. The third kappa shape index (κ3) is 4.72. The van der Waals surface area contributed by atoms with E-state index >= 15 is 4.39 Å². The van der Waals surface area contributed by atoms with Crippen LogP contribution in [0.3, 0.4) is 0 Å². The second-order valence-electron chi connectivity index (χ2n) is 11.1. The first-order chi connectivity index (χ1) is 19.2. The van der Waals surface area contributed by atoms with Crippen molar-refractivity contribution in [2.45, 2.75) is 59.0 Å². The summed E-state index contributed by atoms with van der Waals surface area (Å²) in [7, 11) is 0. The molecule has 1 aliphatic carbocycles. The largest absolute Gasteiger partial charge is 0.492 e. The number of aryl methyl sites for hydroxylation is 4. The Hall–Kier alpha value is -4.19. The minimum atomic E-state index is -0.849. The number of carbonyl (C=O) groups is 1. The van der Waals surface area contributed by atoms with Gasteiger partial charge in [0.1, 0.15) is 23.4 Å². The van der Waals surface area contributed by atoms with Gasteiger partial charge in [0.05, 0.1) is 13.0 Å². The van der Waals surface area contributed by atoms with Gasteiger partial charge in [0, 0.05) is 34.5 Å². The molecule has 6 heteroatoms. The highest BCUT2D eigenvalue weighted by Crippen LogP contribution is 2.45. The lowest BCUT2D eigenvalue weighted by molar-refractivity contribution is -0.137. The molecule has 2 heterocycles. The number of rotatable bonds is 6. The molecular weight excluding hydrogens is 505 g/mol. The van der Waals surface area contributed by atoms with E-state index in [9.17, 15) is 4.79 Å². The first-order valence-corrected chi connectivity index (χ1v) is 13.7. The number of benzene rings is 3. The van der Waals surface area contributed by atoms with Gasteiger partial charge in [-0.2, -0.15) is 0 Å². The lowest BCUT2D eigenvalue weighted by Crippen LogP contribution is -2.07. The zero-order valence-electron chi connectivity index (χ0n) is 23.2. The van der Waals surface area contributed by atoms with E-state index in [4.69, 9.17) is 14.6 Å². The number of aromatic nitrogens is 1. The summed E-state index contributed by atoms with van der Waals surface area (Å²) < 4.78 is 27.4. The minimum absolute atomic E-state index is 0.0266. The third-order valence-corrected chi connectivity index (χ3v) is 8.06. The lowest BCUT2D eigenvalue weighted by atomic mass is 9.88. The molecule has 0 fully saturated rings. The average Bonchev–Trinajstić information content (AvgIpc) is 3.48. The molecule has 0 unspecified atom stereocenters. The number of hydrogen-bond acceptors (Lipinski definition) is 4. The van der Waals surface area contributed by atoms with E-state index in [1.165, 1.54) is 0 Å². The van der Waals surface area contributed by atoms with Gasteiger partial charge in [-0.25, -0.2) is 4.39 Å². The topological polar surface area (TPSA) is 68.7 Å². The van der Waals surface area contributed by atoms with E-state index in [1.54, 1.807) is 12.1 Å². The SMILES string of the molecule is Cc1cc(-c2cc(C)c(-c3ccc(F)c4c3CC[C@H]4Oc3ccc4c(c3)OC[C@H]4CC(=O)O)c(C)c2)cc(C)n1. The summed E-state index contributed by atoms with van der Waals surface area (Å²) in [5.74, 6) is -0.0366. The van der Waals surface area contributed by atoms with Crippen molar-refractivity contribution in [3.63, 3.8) is 0 Å². The molecule has 0 amide bonds. The molecule has 204 valence electrons. The van der Waals surface area contributed by atoms with Crippen molar-refractivity contribution in [3.05, 3.63) is 99.6 Å². The first-order valence-electron chi connectivity index (χ1n) is 13.7. The lowest BCUT2D eigenvalue weighted by Gasteiger charge is -2.19. The number of carboxylic acids is 1. The molecule has 1 aliphatic heterocycles. The molecule has 5 nitrogen and oxygen atoms in total. The van der Waals surface area contributed by atoms with Crippen LogP contribution in [0.5, 0.6) is 11.5 Å². The van der Waals surface area contributed by atoms with Crippen LogP contribution in [0.4, 0.5) is 4.39 Å². The summed E-state index contributed by atoms with van der Waals surface area (Å²) in [6.07, 6.45) is 1.01. The van der Waals surface area contributed by atoms with E-state index in [2.05, 4.69) is 43.1 Å². The molecule has 0 spiro atoms.